The Labute approximate surface area is 128 Å². The third kappa shape index (κ3) is 3.12. The standard InChI is InChI=1S/C17H17NO2S/c1-20-17(19)16-15-8-7-14(9-13(15)10-18-16)21-11-12-5-3-2-4-6-12/h2-9,16,18H,10-11H2,1H3. The molecule has 0 radical (unpaired) electrons. The van der Waals surface area contributed by atoms with Crippen LogP contribution in [0.15, 0.2) is 53.4 Å². The predicted octanol–water partition coefficient (Wildman–Crippen LogP) is 3.30. The van der Waals surface area contributed by atoms with Gasteiger partial charge in [-0.2, -0.15) is 0 Å². The van der Waals surface area contributed by atoms with Crippen molar-refractivity contribution in [3.63, 3.8) is 0 Å². The highest BCUT2D eigenvalue weighted by Gasteiger charge is 2.28. The molecule has 1 unspecified atom stereocenters. The fourth-order valence-electron chi connectivity index (χ4n) is 2.50. The molecule has 3 nitrogen and oxygen atoms in total. The zero-order valence-electron chi connectivity index (χ0n) is 11.8. The summed E-state index contributed by atoms with van der Waals surface area (Å²) in [6.07, 6.45) is 0. The van der Waals surface area contributed by atoms with Crippen molar-refractivity contribution in [3.8, 4) is 0 Å². The van der Waals surface area contributed by atoms with Gasteiger partial charge in [0.05, 0.1) is 7.11 Å². The first-order valence-corrected chi connectivity index (χ1v) is 7.87. The van der Waals surface area contributed by atoms with E-state index in [1.54, 1.807) is 0 Å². The van der Waals surface area contributed by atoms with E-state index in [0.717, 1.165) is 17.9 Å². The third-order valence-corrected chi connectivity index (χ3v) is 4.67. The van der Waals surface area contributed by atoms with Crippen molar-refractivity contribution in [3.05, 3.63) is 65.2 Å². The second kappa shape index (κ2) is 6.33. The summed E-state index contributed by atoms with van der Waals surface area (Å²) >= 11 is 1.81. The number of benzene rings is 2. The van der Waals surface area contributed by atoms with Gasteiger partial charge in [0.2, 0.25) is 0 Å². The SMILES string of the molecule is COC(=O)C1NCc2cc(SCc3ccccc3)ccc21. The first-order valence-electron chi connectivity index (χ1n) is 6.88. The topological polar surface area (TPSA) is 38.3 Å². The number of esters is 1. The predicted molar refractivity (Wildman–Crippen MR) is 84.0 cm³/mol. The molecule has 4 heteroatoms. The molecule has 0 saturated carbocycles. The van der Waals surface area contributed by atoms with Crippen molar-refractivity contribution in [2.75, 3.05) is 7.11 Å². The maximum atomic E-state index is 11.7. The van der Waals surface area contributed by atoms with E-state index < -0.39 is 0 Å². The molecule has 1 heterocycles. The summed E-state index contributed by atoms with van der Waals surface area (Å²) in [7, 11) is 1.42. The van der Waals surface area contributed by atoms with Gasteiger partial charge in [-0.15, -0.1) is 11.8 Å². The van der Waals surface area contributed by atoms with Crippen molar-refractivity contribution in [2.24, 2.45) is 0 Å². The molecule has 2 aromatic rings. The molecule has 0 aliphatic carbocycles. The van der Waals surface area contributed by atoms with Crippen LogP contribution in [0, 0.1) is 0 Å². The second-order valence-corrected chi connectivity index (χ2v) is 6.02. The second-order valence-electron chi connectivity index (χ2n) is 4.97. The summed E-state index contributed by atoms with van der Waals surface area (Å²) in [4.78, 5) is 12.9. The van der Waals surface area contributed by atoms with E-state index in [0.29, 0.717) is 0 Å². The quantitative estimate of drug-likeness (QED) is 0.694. The fourth-order valence-corrected chi connectivity index (χ4v) is 3.41. The zero-order chi connectivity index (χ0) is 14.7. The number of carbonyl (C=O) groups is 1. The largest absolute Gasteiger partial charge is 0.468 e. The lowest BCUT2D eigenvalue weighted by Gasteiger charge is -2.09. The van der Waals surface area contributed by atoms with Crippen LogP contribution in [0.2, 0.25) is 0 Å². The van der Waals surface area contributed by atoms with Gasteiger partial charge in [-0.25, -0.2) is 4.79 Å². The molecule has 2 aromatic carbocycles. The Hall–Kier alpha value is -1.78. The monoisotopic (exact) mass is 299 g/mol. The number of ether oxygens (including phenoxy) is 1. The summed E-state index contributed by atoms with van der Waals surface area (Å²) in [5, 5.41) is 3.19. The number of nitrogens with one attached hydrogen (secondary N) is 1. The van der Waals surface area contributed by atoms with Crippen LogP contribution in [0.4, 0.5) is 0 Å². The van der Waals surface area contributed by atoms with E-state index >= 15 is 0 Å². The number of hydrogen-bond donors (Lipinski definition) is 1. The van der Waals surface area contributed by atoms with Gasteiger partial charge in [-0.1, -0.05) is 36.4 Å². The van der Waals surface area contributed by atoms with E-state index in [1.807, 2.05) is 23.9 Å². The molecular weight excluding hydrogens is 282 g/mol. The molecule has 0 amide bonds. The molecule has 3 rings (SSSR count). The molecule has 1 aliphatic heterocycles. The lowest BCUT2D eigenvalue weighted by atomic mass is 10.1. The summed E-state index contributed by atoms with van der Waals surface area (Å²) in [5.41, 5.74) is 3.53. The van der Waals surface area contributed by atoms with Crippen molar-refractivity contribution in [2.45, 2.75) is 23.2 Å². The molecule has 1 aliphatic rings. The van der Waals surface area contributed by atoms with Crippen LogP contribution in [0.25, 0.3) is 0 Å². The maximum Gasteiger partial charge on any atom is 0.327 e. The van der Waals surface area contributed by atoms with E-state index in [1.165, 1.54) is 23.1 Å². The molecular formula is C17H17NO2S. The van der Waals surface area contributed by atoms with Crippen LogP contribution < -0.4 is 5.32 Å². The molecule has 0 fully saturated rings. The Morgan fingerprint density at radius 1 is 1.29 bits per heavy atom. The number of fused-ring (bicyclic) bond motifs is 1. The van der Waals surface area contributed by atoms with Gasteiger partial charge in [-0.3, -0.25) is 5.32 Å². The zero-order valence-corrected chi connectivity index (χ0v) is 12.7. The number of thioether (sulfide) groups is 1. The first kappa shape index (κ1) is 14.2. The van der Waals surface area contributed by atoms with Crippen molar-refractivity contribution in [1.29, 1.82) is 0 Å². The van der Waals surface area contributed by atoms with Crippen LogP contribution in [0.5, 0.6) is 0 Å². The minimum Gasteiger partial charge on any atom is -0.468 e. The summed E-state index contributed by atoms with van der Waals surface area (Å²) in [6.45, 7) is 0.717. The molecule has 0 aromatic heterocycles. The van der Waals surface area contributed by atoms with Crippen LogP contribution >= 0.6 is 11.8 Å². The molecule has 21 heavy (non-hydrogen) atoms. The van der Waals surface area contributed by atoms with Gasteiger partial charge in [0, 0.05) is 17.2 Å². The minimum absolute atomic E-state index is 0.224. The Morgan fingerprint density at radius 3 is 2.86 bits per heavy atom. The number of methoxy groups -OCH3 is 1. The van der Waals surface area contributed by atoms with Crippen molar-refractivity contribution in [1.82, 2.24) is 5.32 Å². The summed E-state index contributed by atoms with van der Waals surface area (Å²) < 4.78 is 4.82. The number of rotatable bonds is 4. The molecule has 108 valence electrons. The number of carbonyl (C=O) groups excluding carboxylic acids is 1. The van der Waals surface area contributed by atoms with E-state index in [9.17, 15) is 4.79 Å². The number of hydrogen-bond acceptors (Lipinski definition) is 4. The Bertz CT molecular complexity index is 642. The minimum atomic E-state index is -0.321. The average molecular weight is 299 g/mol. The molecule has 1 atom stereocenters. The summed E-state index contributed by atoms with van der Waals surface area (Å²) in [6, 6.07) is 16.4. The van der Waals surface area contributed by atoms with Gasteiger partial charge >= 0.3 is 5.97 Å². The van der Waals surface area contributed by atoms with Crippen LogP contribution in [0.3, 0.4) is 0 Å². The Kier molecular flexibility index (Phi) is 4.27. The van der Waals surface area contributed by atoms with E-state index in [2.05, 4.69) is 41.7 Å². The van der Waals surface area contributed by atoms with Crippen molar-refractivity contribution < 1.29 is 9.53 Å². The Morgan fingerprint density at radius 2 is 2.10 bits per heavy atom. The third-order valence-electron chi connectivity index (χ3n) is 3.61. The van der Waals surface area contributed by atoms with Gasteiger partial charge in [0.15, 0.2) is 0 Å². The van der Waals surface area contributed by atoms with E-state index in [4.69, 9.17) is 4.74 Å². The maximum absolute atomic E-state index is 11.7. The van der Waals surface area contributed by atoms with Gasteiger partial charge in [0.1, 0.15) is 6.04 Å². The molecule has 0 spiro atoms. The lowest BCUT2D eigenvalue weighted by molar-refractivity contribution is -0.143. The van der Waals surface area contributed by atoms with Gasteiger partial charge in [0.25, 0.3) is 0 Å². The van der Waals surface area contributed by atoms with Crippen LogP contribution in [-0.2, 0) is 21.8 Å². The average Bonchev–Trinajstić information content (AvgIpc) is 2.96. The lowest BCUT2D eigenvalue weighted by Crippen LogP contribution is -2.22. The normalized spacial score (nSPS) is 16.5. The summed E-state index contributed by atoms with van der Waals surface area (Å²) in [5.74, 6) is 0.728. The van der Waals surface area contributed by atoms with Gasteiger partial charge in [-0.05, 0) is 28.8 Å². The Balaban J connectivity index is 1.71. The first-order chi connectivity index (χ1) is 10.3. The highest BCUT2D eigenvalue weighted by atomic mass is 32.2. The van der Waals surface area contributed by atoms with Crippen molar-refractivity contribution >= 4 is 17.7 Å². The van der Waals surface area contributed by atoms with Crippen LogP contribution in [-0.4, -0.2) is 13.1 Å². The van der Waals surface area contributed by atoms with Crippen LogP contribution in [0.1, 0.15) is 22.7 Å². The smallest absolute Gasteiger partial charge is 0.327 e. The highest BCUT2D eigenvalue weighted by molar-refractivity contribution is 7.98. The van der Waals surface area contributed by atoms with E-state index in [-0.39, 0.29) is 12.0 Å². The molecule has 0 saturated heterocycles. The molecule has 1 N–H and O–H groups in total. The van der Waals surface area contributed by atoms with Gasteiger partial charge < -0.3 is 4.74 Å². The highest BCUT2D eigenvalue weighted by Crippen LogP contribution is 2.31. The molecule has 0 bridgehead atoms. The fraction of sp³-hybridized carbons (Fsp3) is 0.235.